The van der Waals surface area contributed by atoms with Crippen molar-refractivity contribution in [2.45, 2.75) is 13.0 Å². The summed E-state index contributed by atoms with van der Waals surface area (Å²) in [7, 11) is 0. The van der Waals surface area contributed by atoms with Gasteiger partial charge < -0.3 is 10.2 Å². The lowest BCUT2D eigenvalue weighted by atomic mass is 10.2. The Morgan fingerprint density at radius 2 is 2.33 bits per heavy atom. The topological polar surface area (TPSA) is 28.2 Å². The number of halogens is 2. The summed E-state index contributed by atoms with van der Waals surface area (Å²) in [5.74, 6) is 0.828. The smallest absolute Gasteiger partial charge is 0.147 e. The molecule has 82 valence electrons. The highest BCUT2D eigenvalue weighted by Gasteiger charge is 2.18. The molecule has 1 aromatic heterocycles. The van der Waals surface area contributed by atoms with Crippen molar-refractivity contribution in [3.63, 3.8) is 0 Å². The first-order valence-electron chi connectivity index (χ1n) is 4.96. The number of nitrogens with one attached hydrogen (secondary N) is 1. The van der Waals surface area contributed by atoms with E-state index < -0.39 is 0 Å². The van der Waals surface area contributed by atoms with Gasteiger partial charge in [-0.25, -0.2) is 4.98 Å². The standard InChI is InChI=1S/C10H13Cl2N3/c1-7-6-15(3-2-13-7)10-9(12)4-8(11)5-14-10/h4-5,7,13H,2-3,6H2,1H3/t7-/m1/s1. The Balaban J connectivity index is 2.21. The molecule has 2 heterocycles. The lowest BCUT2D eigenvalue weighted by Crippen LogP contribution is -2.49. The van der Waals surface area contributed by atoms with Crippen molar-refractivity contribution >= 4 is 29.0 Å². The van der Waals surface area contributed by atoms with E-state index in [2.05, 4.69) is 22.1 Å². The van der Waals surface area contributed by atoms with E-state index in [0.717, 1.165) is 25.5 Å². The van der Waals surface area contributed by atoms with E-state index in [4.69, 9.17) is 23.2 Å². The van der Waals surface area contributed by atoms with E-state index in [1.165, 1.54) is 0 Å². The van der Waals surface area contributed by atoms with Crippen LogP contribution in [0.1, 0.15) is 6.92 Å². The fraction of sp³-hybridized carbons (Fsp3) is 0.500. The van der Waals surface area contributed by atoms with Gasteiger partial charge in [0.25, 0.3) is 0 Å². The van der Waals surface area contributed by atoms with Crippen LogP contribution in [-0.4, -0.2) is 30.7 Å². The van der Waals surface area contributed by atoms with Crippen molar-refractivity contribution in [1.82, 2.24) is 10.3 Å². The zero-order chi connectivity index (χ0) is 10.8. The van der Waals surface area contributed by atoms with Crippen LogP contribution in [0.25, 0.3) is 0 Å². The average molecular weight is 246 g/mol. The first kappa shape index (κ1) is 11.0. The van der Waals surface area contributed by atoms with Gasteiger partial charge in [-0.05, 0) is 13.0 Å². The molecular weight excluding hydrogens is 233 g/mol. The number of aromatic nitrogens is 1. The molecule has 5 heteroatoms. The van der Waals surface area contributed by atoms with Gasteiger partial charge in [-0.3, -0.25) is 0 Å². The highest BCUT2D eigenvalue weighted by atomic mass is 35.5. The molecule has 1 aliphatic rings. The Morgan fingerprint density at radius 3 is 3.00 bits per heavy atom. The van der Waals surface area contributed by atoms with E-state index in [9.17, 15) is 0 Å². The predicted molar refractivity (Wildman–Crippen MR) is 63.9 cm³/mol. The second kappa shape index (κ2) is 4.56. The normalized spacial score (nSPS) is 21.8. The highest BCUT2D eigenvalue weighted by molar-refractivity contribution is 6.36. The summed E-state index contributed by atoms with van der Waals surface area (Å²) in [5, 5.41) is 4.57. The number of rotatable bonds is 1. The zero-order valence-electron chi connectivity index (χ0n) is 8.50. The molecule has 1 N–H and O–H groups in total. The monoisotopic (exact) mass is 245 g/mol. The summed E-state index contributed by atoms with van der Waals surface area (Å²) >= 11 is 11.9. The molecular formula is C10H13Cl2N3. The summed E-state index contributed by atoms with van der Waals surface area (Å²) < 4.78 is 0. The molecule has 1 aromatic rings. The fourth-order valence-corrected chi connectivity index (χ4v) is 2.26. The minimum atomic E-state index is 0.465. The van der Waals surface area contributed by atoms with Gasteiger partial charge in [0.15, 0.2) is 0 Å². The molecule has 2 rings (SSSR count). The maximum absolute atomic E-state index is 6.10. The molecule has 3 nitrogen and oxygen atoms in total. The van der Waals surface area contributed by atoms with E-state index in [1.807, 2.05) is 0 Å². The maximum atomic E-state index is 6.10. The molecule has 0 spiro atoms. The van der Waals surface area contributed by atoms with Crippen molar-refractivity contribution in [3.05, 3.63) is 22.3 Å². The summed E-state index contributed by atoms with van der Waals surface area (Å²) in [6.45, 7) is 4.96. The molecule has 0 amide bonds. The highest BCUT2D eigenvalue weighted by Crippen LogP contribution is 2.26. The maximum Gasteiger partial charge on any atom is 0.147 e. The third-order valence-corrected chi connectivity index (χ3v) is 2.94. The molecule has 1 saturated heterocycles. The SMILES string of the molecule is C[C@@H]1CN(c2ncc(Cl)cc2Cl)CCN1. The third kappa shape index (κ3) is 2.54. The first-order chi connectivity index (χ1) is 7.16. The quantitative estimate of drug-likeness (QED) is 0.823. The van der Waals surface area contributed by atoms with Crippen molar-refractivity contribution < 1.29 is 0 Å². The third-order valence-electron chi connectivity index (χ3n) is 2.46. The Hall–Kier alpha value is -0.510. The minimum absolute atomic E-state index is 0.465. The number of hydrogen-bond donors (Lipinski definition) is 1. The summed E-state index contributed by atoms with van der Waals surface area (Å²) in [6.07, 6.45) is 1.63. The van der Waals surface area contributed by atoms with Gasteiger partial charge in [0, 0.05) is 31.9 Å². The lowest BCUT2D eigenvalue weighted by molar-refractivity contribution is 0.482. The van der Waals surface area contributed by atoms with E-state index >= 15 is 0 Å². The number of anilines is 1. The second-order valence-electron chi connectivity index (χ2n) is 3.76. The largest absolute Gasteiger partial charge is 0.353 e. The average Bonchev–Trinajstić information content (AvgIpc) is 2.17. The minimum Gasteiger partial charge on any atom is -0.353 e. The van der Waals surface area contributed by atoms with Gasteiger partial charge in [0.1, 0.15) is 5.82 Å². The van der Waals surface area contributed by atoms with Crippen LogP contribution in [0.4, 0.5) is 5.82 Å². The van der Waals surface area contributed by atoms with Crippen molar-refractivity contribution in [1.29, 1.82) is 0 Å². The van der Waals surface area contributed by atoms with Gasteiger partial charge in [-0.2, -0.15) is 0 Å². The van der Waals surface area contributed by atoms with Crippen LogP contribution in [0.3, 0.4) is 0 Å². The van der Waals surface area contributed by atoms with Crippen LogP contribution in [0, 0.1) is 0 Å². The van der Waals surface area contributed by atoms with Gasteiger partial charge >= 0.3 is 0 Å². The molecule has 1 atom stereocenters. The van der Waals surface area contributed by atoms with Gasteiger partial charge in [0.05, 0.1) is 10.0 Å². The Morgan fingerprint density at radius 1 is 1.53 bits per heavy atom. The van der Waals surface area contributed by atoms with E-state index in [1.54, 1.807) is 12.3 Å². The van der Waals surface area contributed by atoms with Crippen LogP contribution in [-0.2, 0) is 0 Å². The Labute approximate surface area is 99.4 Å². The van der Waals surface area contributed by atoms with Crippen molar-refractivity contribution in [2.24, 2.45) is 0 Å². The number of pyridine rings is 1. The Kier molecular flexibility index (Phi) is 3.34. The van der Waals surface area contributed by atoms with Crippen LogP contribution >= 0.6 is 23.2 Å². The number of piperazine rings is 1. The number of nitrogens with zero attached hydrogens (tertiary/aromatic N) is 2. The molecule has 0 saturated carbocycles. The Bertz CT molecular complexity index is 357. The van der Waals surface area contributed by atoms with Gasteiger partial charge in [-0.15, -0.1) is 0 Å². The fourth-order valence-electron chi connectivity index (χ4n) is 1.76. The second-order valence-corrected chi connectivity index (χ2v) is 4.60. The molecule has 0 aromatic carbocycles. The van der Waals surface area contributed by atoms with Crippen LogP contribution in [0.2, 0.25) is 10.0 Å². The number of hydrogen-bond acceptors (Lipinski definition) is 3. The van der Waals surface area contributed by atoms with Gasteiger partial charge in [-0.1, -0.05) is 23.2 Å². The van der Waals surface area contributed by atoms with Crippen LogP contribution < -0.4 is 10.2 Å². The molecule has 0 bridgehead atoms. The van der Waals surface area contributed by atoms with Crippen LogP contribution in [0.15, 0.2) is 12.3 Å². The molecule has 0 aliphatic carbocycles. The molecule has 0 radical (unpaired) electrons. The molecule has 1 fully saturated rings. The van der Waals surface area contributed by atoms with E-state index in [0.29, 0.717) is 16.1 Å². The summed E-state index contributed by atoms with van der Waals surface area (Å²) in [5.41, 5.74) is 0. The molecule has 15 heavy (non-hydrogen) atoms. The van der Waals surface area contributed by atoms with Crippen molar-refractivity contribution in [3.8, 4) is 0 Å². The zero-order valence-corrected chi connectivity index (χ0v) is 10.0. The predicted octanol–water partition coefficient (Wildman–Crippen LogP) is 2.19. The molecule has 0 unspecified atom stereocenters. The van der Waals surface area contributed by atoms with Crippen molar-refractivity contribution in [2.75, 3.05) is 24.5 Å². The lowest BCUT2D eigenvalue weighted by Gasteiger charge is -2.33. The summed E-state index contributed by atoms with van der Waals surface area (Å²) in [4.78, 5) is 6.45. The summed E-state index contributed by atoms with van der Waals surface area (Å²) in [6, 6.07) is 2.20. The van der Waals surface area contributed by atoms with Gasteiger partial charge in [0.2, 0.25) is 0 Å². The van der Waals surface area contributed by atoms with E-state index in [-0.39, 0.29) is 0 Å². The molecule has 1 aliphatic heterocycles. The van der Waals surface area contributed by atoms with Crippen LogP contribution in [0.5, 0.6) is 0 Å². The first-order valence-corrected chi connectivity index (χ1v) is 5.72.